The maximum absolute atomic E-state index is 12.2. The first-order chi connectivity index (χ1) is 14.0. The molecule has 5 N–H and O–H groups in total. The fraction of sp³-hybridized carbons (Fsp3) is 0.286. The first-order valence-electron chi connectivity index (χ1n) is 9.40. The van der Waals surface area contributed by atoms with E-state index in [1.807, 2.05) is 37.3 Å². The van der Waals surface area contributed by atoms with Gasteiger partial charge in [0.2, 0.25) is 11.8 Å². The Morgan fingerprint density at radius 2 is 1.69 bits per heavy atom. The van der Waals surface area contributed by atoms with E-state index >= 15 is 0 Å². The SMILES string of the molecule is CCCNC(=O)CNC(=O)C[C@H](NC(N)=O)c1cccc(Oc2ccccc2)c1. The zero-order valence-corrected chi connectivity index (χ0v) is 16.3. The summed E-state index contributed by atoms with van der Waals surface area (Å²) in [6.07, 6.45) is 0.741. The van der Waals surface area contributed by atoms with Crippen LogP contribution in [-0.2, 0) is 9.59 Å². The fourth-order valence-electron chi connectivity index (χ4n) is 2.61. The topological polar surface area (TPSA) is 123 Å². The standard InChI is InChI=1S/C21H26N4O4/c1-2-11-23-20(27)14-24-19(26)13-18(25-21(22)28)15-7-6-10-17(12-15)29-16-8-4-3-5-9-16/h3-10,12,18H,2,11,13-14H2,1H3,(H,23,27)(H,24,26)(H3,22,25,28)/t18-/m0/s1. The van der Waals surface area contributed by atoms with Crippen molar-refractivity contribution < 1.29 is 19.1 Å². The smallest absolute Gasteiger partial charge is 0.312 e. The molecule has 0 spiro atoms. The van der Waals surface area contributed by atoms with E-state index in [2.05, 4.69) is 16.0 Å². The van der Waals surface area contributed by atoms with Crippen LogP contribution in [0.3, 0.4) is 0 Å². The van der Waals surface area contributed by atoms with Crippen molar-refractivity contribution in [2.24, 2.45) is 5.73 Å². The number of ether oxygens (including phenoxy) is 1. The lowest BCUT2D eigenvalue weighted by Gasteiger charge is -2.18. The van der Waals surface area contributed by atoms with Gasteiger partial charge in [-0.3, -0.25) is 9.59 Å². The second-order valence-electron chi connectivity index (χ2n) is 6.38. The van der Waals surface area contributed by atoms with E-state index in [0.29, 0.717) is 23.6 Å². The van der Waals surface area contributed by atoms with Crippen LogP contribution in [0.2, 0.25) is 0 Å². The first kappa shape index (κ1) is 21.7. The number of carbonyl (C=O) groups is 3. The van der Waals surface area contributed by atoms with Gasteiger partial charge in [0.05, 0.1) is 19.0 Å². The summed E-state index contributed by atoms with van der Waals surface area (Å²) < 4.78 is 5.80. The average molecular weight is 398 g/mol. The second-order valence-corrected chi connectivity index (χ2v) is 6.38. The number of hydrogen-bond donors (Lipinski definition) is 4. The number of carbonyl (C=O) groups excluding carboxylic acids is 3. The highest BCUT2D eigenvalue weighted by Gasteiger charge is 2.18. The van der Waals surface area contributed by atoms with Gasteiger partial charge in [0.15, 0.2) is 0 Å². The molecule has 0 fully saturated rings. The number of amides is 4. The van der Waals surface area contributed by atoms with Crippen molar-refractivity contribution in [2.45, 2.75) is 25.8 Å². The zero-order valence-electron chi connectivity index (χ0n) is 16.3. The minimum Gasteiger partial charge on any atom is -0.457 e. The largest absolute Gasteiger partial charge is 0.457 e. The fourth-order valence-corrected chi connectivity index (χ4v) is 2.61. The van der Waals surface area contributed by atoms with Crippen LogP contribution in [0.1, 0.15) is 31.4 Å². The summed E-state index contributed by atoms with van der Waals surface area (Å²) >= 11 is 0. The van der Waals surface area contributed by atoms with Gasteiger partial charge < -0.3 is 26.4 Å². The summed E-state index contributed by atoms with van der Waals surface area (Å²) in [7, 11) is 0. The van der Waals surface area contributed by atoms with Crippen LogP contribution < -0.4 is 26.4 Å². The maximum Gasteiger partial charge on any atom is 0.312 e. The minimum absolute atomic E-state index is 0.0706. The van der Waals surface area contributed by atoms with Gasteiger partial charge in [-0.25, -0.2) is 4.79 Å². The molecule has 0 radical (unpaired) electrons. The third-order valence-electron chi connectivity index (χ3n) is 3.96. The summed E-state index contributed by atoms with van der Waals surface area (Å²) in [4.78, 5) is 35.3. The molecule has 154 valence electrons. The highest BCUT2D eigenvalue weighted by Crippen LogP contribution is 2.25. The molecule has 0 saturated carbocycles. The number of nitrogens with one attached hydrogen (secondary N) is 3. The third-order valence-corrected chi connectivity index (χ3v) is 3.96. The molecule has 0 bridgehead atoms. The summed E-state index contributed by atoms with van der Waals surface area (Å²) in [5.74, 6) is 0.576. The van der Waals surface area contributed by atoms with Crippen LogP contribution in [0.4, 0.5) is 4.79 Å². The van der Waals surface area contributed by atoms with Crippen LogP contribution >= 0.6 is 0 Å². The van der Waals surface area contributed by atoms with Gasteiger partial charge in [-0.15, -0.1) is 0 Å². The quantitative estimate of drug-likeness (QED) is 0.490. The normalized spacial score (nSPS) is 11.2. The van der Waals surface area contributed by atoms with Gasteiger partial charge in [-0.05, 0) is 36.2 Å². The number of nitrogens with two attached hydrogens (primary N) is 1. The number of hydrogen-bond acceptors (Lipinski definition) is 4. The van der Waals surface area contributed by atoms with E-state index in [1.54, 1.807) is 24.3 Å². The Hall–Kier alpha value is -3.55. The van der Waals surface area contributed by atoms with Crippen molar-refractivity contribution in [1.82, 2.24) is 16.0 Å². The number of urea groups is 1. The molecule has 0 aromatic heterocycles. The van der Waals surface area contributed by atoms with E-state index in [9.17, 15) is 14.4 Å². The van der Waals surface area contributed by atoms with Gasteiger partial charge in [0, 0.05) is 6.54 Å². The van der Waals surface area contributed by atoms with Crippen LogP contribution in [0.15, 0.2) is 54.6 Å². The minimum atomic E-state index is -0.752. The lowest BCUT2D eigenvalue weighted by Crippen LogP contribution is -2.40. The van der Waals surface area contributed by atoms with Gasteiger partial charge in [0.1, 0.15) is 11.5 Å². The number of primary amides is 1. The lowest BCUT2D eigenvalue weighted by atomic mass is 10.0. The molecule has 1 atom stereocenters. The molecule has 0 unspecified atom stereocenters. The van der Waals surface area contributed by atoms with E-state index in [-0.39, 0.29) is 24.8 Å². The van der Waals surface area contributed by atoms with Crippen molar-refractivity contribution in [2.75, 3.05) is 13.1 Å². The van der Waals surface area contributed by atoms with Crippen LogP contribution in [0.5, 0.6) is 11.5 Å². The van der Waals surface area contributed by atoms with Crippen LogP contribution in [-0.4, -0.2) is 30.9 Å². The second kappa shape index (κ2) is 11.3. The molecule has 0 aliphatic carbocycles. The van der Waals surface area contributed by atoms with Gasteiger partial charge in [0.25, 0.3) is 0 Å². The van der Waals surface area contributed by atoms with Crippen molar-refractivity contribution in [3.05, 3.63) is 60.2 Å². The predicted octanol–water partition coefficient (Wildman–Crippen LogP) is 2.22. The Balaban J connectivity index is 2.03. The van der Waals surface area contributed by atoms with Gasteiger partial charge in [-0.1, -0.05) is 37.3 Å². The molecule has 2 rings (SSSR count). The molecular formula is C21H26N4O4. The van der Waals surface area contributed by atoms with Crippen molar-refractivity contribution in [3.8, 4) is 11.5 Å². The highest BCUT2D eigenvalue weighted by molar-refractivity contribution is 5.85. The average Bonchev–Trinajstić information content (AvgIpc) is 2.71. The van der Waals surface area contributed by atoms with E-state index < -0.39 is 12.1 Å². The number of para-hydroxylation sites is 1. The maximum atomic E-state index is 12.2. The molecule has 8 nitrogen and oxygen atoms in total. The van der Waals surface area contributed by atoms with E-state index in [4.69, 9.17) is 10.5 Å². The van der Waals surface area contributed by atoms with Crippen molar-refractivity contribution >= 4 is 17.8 Å². The molecule has 2 aromatic carbocycles. The Morgan fingerprint density at radius 1 is 0.966 bits per heavy atom. The van der Waals surface area contributed by atoms with Gasteiger partial charge >= 0.3 is 6.03 Å². The molecular weight excluding hydrogens is 372 g/mol. The molecule has 0 saturated heterocycles. The molecule has 0 heterocycles. The monoisotopic (exact) mass is 398 g/mol. The highest BCUT2D eigenvalue weighted by atomic mass is 16.5. The van der Waals surface area contributed by atoms with E-state index in [0.717, 1.165) is 6.42 Å². The van der Waals surface area contributed by atoms with Crippen molar-refractivity contribution in [3.63, 3.8) is 0 Å². The molecule has 4 amide bonds. The summed E-state index contributed by atoms with van der Waals surface area (Å²) in [6.45, 7) is 2.36. The van der Waals surface area contributed by atoms with Gasteiger partial charge in [-0.2, -0.15) is 0 Å². The summed E-state index contributed by atoms with van der Waals surface area (Å²) in [6, 6.07) is 14.9. The number of rotatable bonds is 10. The molecule has 2 aromatic rings. The zero-order chi connectivity index (χ0) is 21.1. The molecule has 29 heavy (non-hydrogen) atoms. The van der Waals surface area contributed by atoms with E-state index in [1.165, 1.54) is 0 Å². The Labute approximate surface area is 169 Å². The third kappa shape index (κ3) is 7.92. The summed E-state index contributed by atoms with van der Waals surface area (Å²) in [5.41, 5.74) is 5.92. The molecule has 0 aliphatic rings. The predicted molar refractivity (Wildman–Crippen MR) is 109 cm³/mol. The Bertz CT molecular complexity index is 826. The Kier molecular flexibility index (Phi) is 8.50. The molecule has 0 aliphatic heterocycles. The van der Waals surface area contributed by atoms with Crippen molar-refractivity contribution in [1.29, 1.82) is 0 Å². The molecule has 8 heteroatoms. The van der Waals surface area contributed by atoms with Crippen LogP contribution in [0.25, 0.3) is 0 Å². The van der Waals surface area contributed by atoms with Crippen LogP contribution in [0, 0.1) is 0 Å². The first-order valence-corrected chi connectivity index (χ1v) is 9.40. The number of benzene rings is 2. The summed E-state index contributed by atoms with van der Waals surface area (Å²) in [5, 5.41) is 7.78. The lowest BCUT2D eigenvalue weighted by molar-refractivity contribution is -0.126. The Morgan fingerprint density at radius 3 is 2.38 bits per heavy atom.